The van der Waals surface area contributed by atoms with Crippen LogP contribution in [0, 0.1) is 0 Å². The molecule has 0 saturated carbocycles. The molecule has 213 valence electrons. The molecule has 11 nitrogen and oxygen atoms in total. The molecular weight excluding hydrogens is 595 g/mol. The maximum absolute atomic E-state index is 13.4. The second-order valence-electron chi connectivity index (χ2n) is 10.0. The quantitative estimate of drug-likeness (QED) is 0.193. The second kappa shape index (κ2) is 11.9. The molecule has 0 amide bonds. The van der Waals surface area contributed by atoms with Crippen LogP contribution in [0.15, 0.2) is 89.2 Å². The van der Waals surface area contributed by atoms with Crippen LogP contribution in [-0.4, -0.2) is 87.9 Å². The zero-order chi connectivity index (χ0) is 29.2. The molecule has 5 heterocycles. The summed E-state index contributed by atoms with van der Waals surface area (Å²) < 4.78 is 6.30. The van der Waals surface area contributed by atoms with Crippen LogP contribution in [0.1, 0.15) is 5.56 Å². The minimum atomic E-state index is -0.636. The summed E-state index contributed by atoms with van der Waals surface area (Å²) in [7, 11) is 2.12. The van der Waals surface area contributed by atoms with Gasteiger partial charge in [0.05, 0.1) is 0 Å². The van der Waals surface area contributed by atoms with Crippen LogP contribution in [0.25, 0.3) is 22.7 Å². The monoisotopic (exact) mass is 625 g/mol. The summed E-state index contributed by atoms with van der Waals surface area (Å²) in [5.41, 5.74) is 1.92. The molecular formula is C30H30AsN8O3. The molecule has 1 N–H and O–H groups in total. The fourth-order valence-electron chi connectivity index (χ4n) is 5.11. The van der Waals surface area contributed by atoms with Gasteiger partial charge in [-0.25, -0.2) is 0 Å². The van der Waals surface area contributed by atoms with Crippen molar-refractivity contribution in [1.82, 2.24) is 33.8 Å². The predicted octanol–water partition coefficient (Wildman–Crippen LogP) is 0.213. The molecule has 5 aromatic rings. The summed E-state index contributed by atoms with van der Waals surface area (Å²) in [6.07, 6.45) is 4.86. The van der Waals surface area contributed by atoms with E-state index in [1.165, 1.54) is 15.3 Å². The van der Waals surface area contributed by atoms with Gasteiger partial charge < -0.3 is 0 Å². The Hall–Kier alpha value is -4.31. The van der Waals surface area contributed by atoms with E-state index in [1.807, 2.05) is 6.07 Å². The first kappa shape index (κ1) is 27.8. The Balaban J connectivity index is 1.39. The van der Waals surface area contributed by atoms with Crippen LogP contribution in [0.2, 0.25) is 0 Å². The van der Waals surface area contributed by atoms with Gasteiger partial charge in [0, 0.05) is 0 Å². The van der Waals surface area contributed by atoms with Gasteiger partial charge in [0.2, 0.25) is 0 Å². The Labute approximate surface area is 248 Å². The van der Waals surface area contributed by atoms with E-state index in [1.54, 1.807) is 53.5 Å². The van der Waals surface area contributed by atoms with E-state index >= 15 is 0 Å². The van der Waals surface area contributed by atoms with Gasteiger partial charge in [0.15, 0.2) is 0 Å². The van der Waals surface area contributed by atoms with Crippen molar-refractivity contribution in [2.45, 2.75) is 13.2 Å². The van der Waals surface area contributed by atoms with Crippen molar-refractivity contribution >= 4 is 41.4 Å². The van der Waals surface area contributed by atoms with Crippen LogP contribution in [0.5, 0.6) is 0 Å². The third kappa shape index (κ3) is 5.34. The molecule has 0 spiro atoms. The number of aliphatic hydroxyl groups excluding tert-OH is 1. The van der Waals surface area contributed by atoms with Gasteiger partial charge in [-0.3, -0.25) is 0 Å². The Morgan fingerprint density at radius 3 is 2.57 bits per heavy atom. The number of likely N-dealkylation sites (N-methyl/N-ethyl adjacent to an activating group) is 1. The predicted molar refractivity (Wildman–Crippen MR) is 164 cm³/mol. The van der Waals surface area contributed by atoms with Gasteiger partial charge in [-0.2, -0.15) is 0 Å². The second-order valence-corrected chi connectivity index (χ2v) is 12.4. The number of pyridine rings is 2. The summed E-state index contributed by atoms with van der Waals surface area (Å²) in [5, 5.41) is 10.5. The fourth-order valence-corrected chi connectivity index (χ4v) is 6.92. The van der Waals surface area contributed by atoms with Crippen LogP contribution >= 0.6 is 0 Å². The summed E-state index contributed by atoms with van der Waals surface area (Å²) in [6.45, 7) is 7.82. The van der Waals surface area contributed by atoms with Gasteiger partial charge in [0.25, 0.3) is 0 Å². The molecule has 1 aliphatic rings. The summed E-state index contributed by atoms with van der Waals surface area (Å²) in [5.74, 6) is 0.868. The standard InChI is InChI=1S/C30H30AsN8O3/c1-3-12-38-29(42)23-19-32-30(31-22-10-11-24(21(18-22)20-40)36-16-14-35(2)15-17-36)34-28(23)39(38)26-8-6-7-25(33-26)37-13-5-4-9-27(37)41/h3-11,13,18-19,40H,1,12,14-17,20H2,2H3. The Kier molecular flexibility index (Phi) is 7.88. The normalized spacial score (nSPS) is 14.3. The van der Waals surface area contributed by atoms with Crippen LogP contribution in [0.3, 0.4) is 0 Å². The van der Waals surface area contributed by atoms with Crippen molar-refractivity contribution in [3.8, 4) is 11.6 Å². The number of aromatic nitrogens is 6. The molecule has 0 atom stereocenters. The summed E-state index contributed by atoms with van der Waals surface area (Å²) >= 11 is -0.636. The molecule has 1 aromatic carbocycles. The number of fused-ring (bicyclic) bond motifs is 1. The molecule has 1 radical (unpaired) electrons. The van der Waals surface area contributed by atoms with Crippen molar-refractivity contribution in [1.29, 1.82) is 0 Å². The van der Waals surface area contributed by atoms with E-state index in [0.717, 1.165) is 41.8 Å². The van der Waals surface area contributed by atoms with Gasteiger partial charge in [-0.1, -0.05) is 0 Å². The number of hydrogen-bond donors (Lipinski definition) is 1. The molecule has 0 unspecified atom stereocenters. The van der Waals surface area contributed by atoms with Crippen LogP contribution in [0.4, 0.5) is 5.69 Å². The molecule has 6 rings (SSSR count). The number of benzene rings is 1. The number of rotatable bonds is 8. The van der Waals surface area contributed by atoms with E-state index < -0.39 is 15.8 Å². The molecule has 0 bridgehead atoms. The third-order valence-electron chi connectivity index (χ3n) is 7.28. The number of piperazine rings is 1. The molecule has 4 aromatic heterocycles. The zero-order valence-electron chi connectivity index (χ0n) is 23.2. The van der Waals surface area contributed by atoms with Gasteiger partial charge in [-0.05, 0) is 0 Å². The average molecular weight is 626 g/mol. The Bertz CT molecular complexity index is 1890. The summed E-state index contributed by atoms with van der Waals surface area (Å²) in [6, 6.07) is 16.4. The molecule has 1 fully saturated rings. The molecule has 1 aliphatic heterocycles. The maximum atomic E-state index is 13.4. The van der Waals surface area contributed by atoms with E-state index in [4.69, 9.17) is 9.97 Å². The SMILES string of the molecule is C=CCn1c(=O)c2cnc([As]c3ccc(N4CCN(C)CC4)c(CO)c3)nc2n1-c1cccc(-n2ccccc2=O)n1. The molecule has 0 aliphatic carbocycles. The van der Waals surface area contributed by atoms with E-state index in [-0.39, 0.29) is 24.3 Å². The Morgan fingerprint density at radius 1 is 1.00 bits per heavy atom. The van der Waals surface area contributed by atoms with Gasteiger partial charge in [-0.15, -0.1) is 0 Å². The van der Waals surface area contributed by atoms with E-state index in [2.05, 4.69) is 40.5 Å². The van der Waals surface area contributed by atoms with Crippen molar-refractivity contribution in [3.63, 3.8) is 0 Å². The number of anilines is 1. The van der Waals surface area contributed by atoms with Crippen molar-refractivity contribution in [2.24, 2.45) is 0 Å². The van der Waals surface area contributed by atoms with E-state index in [0.29, 0.717) is 27.3 Å². The number of nitrogens with zero attached hydrogens (tertiary/aromatic N) is 8. The van der Waals surface area contributed by atoms with Crippen molar-refractivity contribution in [2.75, 3.05) is 38.1 Å². The van der Waals surface area contributed by atoms with Crippen molar-refractivity contribution < 1.29 is 5.11 Å². The van der Waals surface area contributed by atoms with Crippen LogP contribution in [-0.2, 0) is 13.2 Å². The number of hydrogen-bond acceptors (Lipinski definition) is 8. The Morgan fingerprint density at radius 2 is 1.81 bits per heavy atom. The van der Waals surface area contributed by atoms with Gasteiger partial charge in [0.1, 0.15) is 0 Å². The first-order valence-corrected chi connectivity index (χ1v) is 15.5. The molecule has 12 heteroatoms. The summed E-state index contributed by atoms with van der Waals surface area (Å²) in [4.78, 5) is 44.6. The van der Waals surface area contributed by atoms with Crippen LogP contribution < -0.4 is 25.0 Å². The van der Waals surface area contributed by atoms with Gasteiger partial charge >= 0.3 is 249 Å². The number of aliphatic hydroxyl groups is 1. The molecule has 42 heavy (non-hydrogen) atoms. The first-order chi connectivity index (χ1) is 20.5. The topological polar surface area (TPSA) is 114 Å². The van der Waals surface area contributed by atoms with Crippen molar-refractivity contribution in [3.05, 3.63) is 106 Å². The minimum absolute atomic E-state index is 0.0486. The fraction of sp³-hybridized carbons (Fsp3) is 0.233. The zero-order valence-corrected chi connectivity index (χ0v) is 25.0. The first-order valence-electron chi connectivity index (χ1n) is 13.6. The molecule has 1 saturated heterocycles. The average Bonchev–Trinajstić information content (AvgIpc) is 3.28. The third-order valence-corrected chi connectivity index (χ3v) is 9.27. The van der Waals surface area contributed by atoms with E-state index in [9.17, 15) is 14.7 Å². The number of allylic oxidation sites excluding steroid dienone is 1.